The molecule has 0 saturated heterocycles. The number of rotatable bonds is 4. The first-order chi connectivity index (χ1) is 10.3. The summed E-state index contributed by atoms with van der Waals surface area (Å²) in [5.74, 6) is 0. The maximum atomic E-state index is 3.48. The standard InChI is InChI=1S/C19H26N2/c1-3-15-8-10-16(11-9-15)12-21-13-17-6-4-5-7-19(20-2)18(17)14-21/h8-11,13-14,19-20H,3-7,12H2,1-2H3. The van der Waals surface area contributed by atoms with E-state index in [-0.39, 0.29) is 0 Å². The molecule has 0 fully saturated rings. The lowest BCUT2D eigenvalue weighted by atomic mass is 10.1. The van der Waals surface area contributed by atoms with E-state index in [1.54, 1.807) is 0 Å². The van der Waals surface area contributed by atoms with Gasteiger partial charge >= 0.3 is 0 Å². The van der Waals surface area contributed by atoms with Gasteiger partial charge in [-0.3, -0.25) is 0 Å². The van der Waals surface area contributed by atoms with E-state index in [9.17, 15) is 0 Å². The molecule has 0 radical (unpaired) electrons. The van der Waals surface area contributed by atoms with Gasteiger partial charge in [-0.15, -0.1) is 0 Å². The smallest absolute Gasteiger partial charge is 0.0470 e. The number of aryl methyl sites for hydroxylation is 2. The highest BCUT2D eigenvalue weighted by Crippen LogP contribution is 2.29. The Labute approximate surface area is 128 Å². The minimum Gasteiger partial charge on any atom is -0.349 e. The summed E-state index contributed by atoms with van der Waals surface area (Å²) in [6.07, 6.45) is 11.0. The summed E-state index contributed by atoms with van der Waals surface area (Å²) in [6, 6.07) is 9.56. The molecule has 1 unspecified atom stereocenters. The van der Waals surface area contributed by atoms with E-state index in [4.69, 9.17) is 0 Å². The Morgan fingerprint density at radius 1 is 1.10 bits per heavy atom. The Hall–Kier alpha value is -1.54. The van der Waals surface area contributed by atoms with Gasteiger partial charge in [-0.2, -0.15) is 0 Å². The van der Waals surface area contributed by atoms with Crippen LogP contribution in [-0.4, -0.2) is 11.6 Å². The molecule has 1 aliphatic rings. The summed E-state index contributed by atoms with van der Waals surface area (Å²) in [4.78, 5) is 0. The minimum atomic E-state index is 0.534. The van der Waals surface area contributed by atoms with Gasteiger partial charge in [-0.25, -0.2) is 0 Å². The van der Waals surface area contributed by atoms with Crippen molar-refractivity contribution in [2.45, 2.75) is 51.6 Å². The zero-order valence-electron chi connectivity index (χ0n) is 13.2. The molecular weight excluding hydrogens is 256 g/mol. The van der Waals surface area contributed by atoms with Gasteiger partial charge in [0.15, 0.2) is 0 Å². The first kappa shape index (κ1) is 14.4. The van der Waals surface area contributed by atoms with Crippen LogP contribution in [0.15, 0.2) is 36.7 Å². The lowest BCUT2D eigenvalue weighted by Crippen LogP contribution is -2.15. The fourth-order valence-electron chi connectivity index (χ4n) is 3.40. The van der Waals surface area contributed by atoms with Crippen LogP contribution in [0.3, 0.4) is 0 Å². The van der Waals surface area contributed by atoms with Gasteiger partial charge < -0.3 is 9.88 Å². The van der Waals surface area contributed by atoms with Crippen LogP contribution in [0.5, 0.6) is 0 Å². The Morgan fingerprint density at radius 3 is 2.57 bits per heavy atom. The predicted octanol–water partition coefficient (Wildman–Crippen LogP) is 4.09. The summed E-state index contributed by atoms with van der Waals surface area (Å²) >= 11 is 0. The fraction of sp³-hybridized carbons (Fsp3) is 0.474. The van der Waals surface area contributed by atoms with Gasteiger partial charge in [-0.05, 0) is 55.0 Å². The maximum Gasteiger partial charge on any atom is 0.0470 e. The first-order valence-electron chi connectivity index (χ1n) is 8.23. The van der Waals surface area contributed by atoms with E-state index in [2.05, 4.69) is 60.5 Å². The topological polar surface area (TPSA) is 17.0 Å². The van der Waals surface area contributed by atoms with E-state index in [1.165, 1.54) is 47.9 Å². The molecule has 2 aromatic rings. The molecule has 1 aliphatic carbocycles. The molecule has 112 valence electrons. The van der Waals surface area contributed by atoms with Gasteiger partial charge in [0.2, 0.25) is 0 Å². The van der Waals surface area contributed by atoms with Crippen molar-refractivity contribution in [3.63, 3.8) is 0 Å². The monoisotopic (exact) mass is 282 g/mol. The van der Waals surface area contributed by atoms with Crippen LogP contribution >= 0.6 is 0 Å². The summed E-state index contributed by atoms with van der Waals surface area (Å²) in [7, 11) is 2.08. The van der Waals surface area contributed by atoms with Gasteiger partial charge in [0.25, 0.3) is 0 Å². The second-order valence-electron chi connectivity index (χ2n) is 6.17. The van der Waals surface area contributed by atoms with Gasteiger partial charge in [0, 0.05) is 25.0 Å². The van der Waals surface area contributed by atoms with Crippen LogP contribution in [0, 0.1) is 0 Å². The number of aromatic nitrogens is 1. The molecular formula is C19H26N2. The molecule has 0 aliphatic heterocycles. The predicted molar refractivity (Wildman–Crippen MR) is 88.7 cm³/mol. The van der Waals surface area contributed by atoms with Crippen LogP contribution in [-0.2, 0) is 19.4 Å². The normalized spacial score (nSPS) is 18.3. The van der Waals surface area contributed by atoms with E-state index in [0.29, 0.717) is 6.04 Å². The number of nitrogens with one attached hydrogen (secondary N) is 1. The van der Waals surface area contributed by atoms with Crippen molar-refractivity contribution >= 4 is 0 Å². The van der Waals surface area contributed by atoms with Crippen molar-refractivity contribution in [3.05, 3.63) is 58.9 Å². The SMILES string of the molecule is CCc1ccc(Cn2cc3c(c2)C(NC)CCCC3)cc1. The van der Waals surface area contributed by atoms with Gasteiger partial charge in [0.05, 0.1) is 0 Å². The molecule has 0 saturated carbocycles. The van der Waals surface area contributed by atoms with Gasteiger partial charge in [-0.1, -0.05) is 37.6 Å². The molecule has 0 spiro atoms. The summed E-state index contributed by atoms with van der Waals surface area (Å²) < 4.78 is 2.36. The molecule has 21 heavy (non-hydrogen) atoms. The van der Waals surface area contributed by atoms with Crippen LogP contribution in [0.1, 0.15) is 54.5 Å². The van der Waals surface area contributed by atoms with Crippen LogP contribution in [0.25, 0.3) is 0 Å². The Kier molecular flexibility index (Phi) is 4.45. The molecule has 3 rings (SSSR count). The zero-order valence-corrected chi connectivity index (χ0v) is 13.2. The molecule has 2 nitrogen and oxygen atoms in total. The number of nitrogens with zero attached hydrogens (tertiary/aromatic N) is 1. The highest BCUT2D eigenvalue weighted by molar-refractivity contribution is 5.30. The molecule has 0 amide bonds. The van der Waals surface area contributed by atoms with Crippen LogP contribution < -0.4 is 5.32 Å². The lowest BCUT2D eigenvalue weighted by Gasteiger charge is -2.13. The molecule has 1 atom stereocenters. The van der Waals surface area contributed by atoms with Crippen LogP contribution in [0.2, 0.25) is 0 Å². The van der Waals surface area contributed by atoms with E-state index < -0.39 is 0 Å². The molecule has 0 bridgehead atoms. The quantitative estimate of drug-likeness (QED) is 0.836. The van der Waals surface area contributed by atoms with Crippen molar-refractivity contribution < 1.29 is 0 Å². The number of hydrogen-bond donors (Lipinski definition) is 1. The maximum absolute atomic E-state index is 3.48. The highest BCUT2D eigenvalue weighted by atomic mass is 15.0. The second-order valence-corrected chi connectivity index (χ2v) is 6.17. The Balaban J connectivity index is 1.80. The third-order valence-corrected chi connectivity index (χ3v) is 4.71. The number of fused-ring (bicyclic) bond motifs is 1. The fourth-order valence-corrected chi connectivity index (χ4v) is 3.40. The van der Waals surface area contributed by atoms with Gasteiger partial charge in [0.1, 0.15) is 0 Å². The molecule has 1 N–H and O–H groups in total. The largest absolute Gasteiger partial charge is 0.349 e. The number of hydrogen-bond acceptors (Lipinski definition) is 1. The third kappa shape index (κ3) is 3.21. The van der Waals surface area contributed by atoms with Crippen LogP contribution in [0.4, 0.5) is 0 Å². The van der Waals surface area contributed by atoms with Crippen molar-refractivity contribution in [2.24, 2.45) is 0 Å². The van der Waals surface area contributed by atoms with Crippen molar-refractivity contribution in [2.75, 3.05) is 7.05 Å². The third-order valence-electron chi connectivity index (χ3n) is 4.71. The Bertz CT molecular complexity index is 580. The molecule has 1 aromatic carbocycles. The highest BCUT2D eigenvalue weighted by Gasteiger charge is 2.19. The number of benzene rings is 1. The minimum absolute atomic E-state index is 0.534. The van der Waals surface area contributed by atoms with E-state index in [1.807, 2.05) is 0 Å². The first-order valence-corrected chi connectivity index (χ1v) is 8.23. The van der Waals surface area contributed by atoms with Crippen molar-refractivity contribution in [1.82, 2.24) is 9.88 Å². The summed E-state index contributed by atoms with van der Waals surface area (Å²) in [5, 5.41) is 3.48. The summed E-state index contributed by atoms with van der Waals surface area (Å²) in [6.45, 7) is 3.18. The molecule has 1 aromatic heterocycles. The van der Waals surface area contributed by atoms with Crippen molar-refractivity contribution in [1.29, 1.82) is 0 Å². The average molecular weight is 282 g/mol. The zero-order chi connectivity index (χ0) is 14.7. The lowest BCUT2D eigenvalue weighted by molar-refractivity contribution is 0.531. The molecule has 1 heterocycles. The second kappa shape index (κ2) is 6.48. The molecule has 2 heteroatoms. The Morgan fingerprint density at radius 2 is 1.86 bits per heavy atom. The average Bonchev–Trinajstić information content (AvgIpc) is 2.81. The summed E-state index contributed by atoms with van der Waals surface area (Å²) in [5.41, 5.74) is 5.85. The van der Waals surface area contributed by atoms with E-state index in [0.717, 1.165) is 13.0 Å². The van der Waals surface area contributed by atoms with E-state index >= 15 is 0 Å². The van der Waals surface area contributed by atoms with Crippen molar-refractivity contribution in [3.8, 4) is 0 Å².